The molecule has 0 unspecified atom stereocenters. The summed E-state index contributed by atoms with van der Waals surface area (Å²) in [6, 6.07) is 4.19. The van der Waals surface area contributed by atoms with Crippen LogP contribution in [0.4, 0.5) is 18.9 Å². The summed E-state index contributed by atoms with van der Waals surface area (Å²) in [4.78, 5) is 23.0. The van der Waals surface area contributed by atoms with E-state index in [-0.39, 0.29) is 11.6 Å². The molecule has 112 valence electrons. The summed E-state index contributed by atoms with van der Waals surface area (Å²) in [5, 5.41) is 11.5. The molecule has 2 bridgehead atoms. The van der Waals surface area contributed by atoms with Crippen LogP contribution in [-0.4, -0.2) is 17.0 Å². The third-order valence-corrected chi connectivity index (χ3v) is 4.44. The van der Waals surface area contributed by atoms with Gasteiger partial charge in [-0.2, -0.15) is 13.2 Å². The van der Waals surface area contributed by atoms with Crippen LogP contribution in [0.5, 0.6) is 0 Å². The van der Waals surface area contributed by atoms with Crippen LogP contribution >= 0.6 is 0 Å². The Bertz CT molecular complexity index is 602. The summed E-state index contributed by atoms with van der Waals surface area (Å²) in [6.45, 7) is 0. The second-order valence-electron chi connectivity index (χ2n) is 5.93. The first-order chi connectivity index (χ1) is 9.67. The predicted molar refractivity (Wildman–Crippen MR) is 66.4 cm³/mol. The van der Waals surface area contributed by atoms with Gasteiger partial charge in [-0.05, 0) is 43.5 Å². The highest BCUT2D eigenvalue weighted by Crippen LogP contribution is 2.73. The number of hydrogen-bond acceptors (Lipinski definition) is 2. The lowest BCUT2D eigenvalue weighted by molar-refractivity contribution is -0.217. The summed E-state index contributed by atoms with van der Waals surface area (Å²) < 4.78 is 37.2. The molecular weight excluding hydrogens is 287 g/mol. The van der Waals surface area contributed by atoms with Crippen molar-refractivity contribution in [3.63, 3.8) is 0 Å². The van der Waals surface area contributed by atoms with E-state index in [1.54, 1.807) is 0 Å². The fourth-order valence-corrected chi connectivity index (χ4v) is 3.26. The van der Waals surface area contributed by atoms with Gasteiger partial charge in [0.2, 0.25) is 5.91 Å². The average molecular weight is 299 g/mol. The Labute approximate surface area is 118 Å². The second-order valence-corrected chi connectivity index (χ2v) is 5.93. The summed E-state index contributed by atoms with van der Waals surface area (Å²) in [7, 11) is 0. The van der Waals surface area contributed by atoms with E-state index in [1.807, 2.05) is 0 Å². The number of halogens is 3. The fourth-order valence-electron chi connectivity index (χ4n) is 3.26. The van der Waals surface area contributed by atoms with Crippen LogP contribution in [-0.2, 0) is 15.8 Å². The molecule has 3 aliphatic rings. The standard InChI is InChI=1S/C14H12F3NO3/c15-14(16,17)8-1-3-9(4-2-8)18-10(19)12-5-13(6-12,7-12)11(20)21/h1-4H,5-7H2,(H,18,19)(H,20,21). The topological polar surface area (TPSA) is 66.4 Å². The van der Waals surface area contributed by atoms with Crippen molar-refractivity contribution in [2.45, 2.75) is 25.4 Å². The van der Waals surface area contributed by atoms with Gasteiger partial charge >= 0.3 is 12.1 Å². The number of nitrogens with one attached hydrogen (secondary N) is 1. The Balaban J connectivity index is 1.64. The van der Waals surface area contributed by atoms with Crippen LogP contribution in [0, 0.1) is 10.8 Å². The third-order valence-electron chi connectivity index (χ3n) is 4.44. The predicted octanol–water partition coefficient (Wildman–Crippen LogP) is 2.90. The average Bonchev–Trinajstić information content (AvgIpc) is 2.23. The molecule has 3 saturated carbocycles. The molecule has 0 aliphatic heterocycles. The number of aliphatic carboxylic acids is 1. The summed E-state index contributed by atoms with van der Waals surface area (Å²) in [5.41, 5.74) is -1.91. The molecule has 7 heteroatoms. The van der Waals surface area contributed by atoms with Gasteiger partial charge in [0.1, 0.15) is 0 Å². The number of carboxylic acid groups (broad SMARTS) is 1. The molecule has 0 spiro atoms. The molecular formula is C14H12F3NO3. The first-order valence-electron chi connectivity index (χ1n) is 6.39. The minimum absolute atomic E-state index is 0.280. The van der Waals surface area contributed by atoms with Crippen molar-refractivity contribution >= 4 is 17.6 Å². The molecule has 0 atom stereocenters. The molecule has 4 nitrogen and oxygen atoms in total. The normalized spacial score (nSPS) is 30.0. The van der Waals surface area contributed by atoms with Gasteiger partial charge < -0.3 is 10.4 Å². The highest BCUT2D eigenvalue weighted by Gasteiger charge is 2.75. The molecule has 0 radical (unpaired) electrons. The van der Waals surface area contributed by atoms with Gasteiger partial charge in [0.05, 0.1) is 16.4 Å². The van der Waals surface area contributed by atoms with Crippen LogP contribution in [0.1, 0.15) is 24.8 Å². The molecule has 1 amide bonds. The number of alkyl halides is 3. The van der Waals surface area contributed by atoms with Crippen molar-refractivity contribution in [2.75, 3.05) is 5.32 Å². The molecule has 4 rings (SSSR count). The molecule has 21 heavy (non-hydrogen) atoms. The Hall–Kier alpha value is -2.05. The summed E-state index contributed by atoms with van der Waals surface area (Å²) >= 11 is 0. The Morgan fingerprint density at radius 1 is 1.05 bits per heavy atom. The van der Waals surface area contributed by atoms with Gasteiger partial charge in [-0.25, -0.2) is 0 Å². The number of hydrogen-bond donors (Lipinski definition) is 2. The Kier molecular flexibility index (Phi) is 2.64. The molecule has 2 N–H and O–H groups in total. The van der Waals surface area contributed by atoms with Crippen LogP contribution in [0.2, 0.25) is 0 Å². The van der Waals surface area contributed by atoms with Crippen molar-refractivity contribution < 1.29 is 27.9 Å². The minimum Gasteiger partial charge on any atom is -0.481 e. The summed E-state index contributed by atoms with van der Waals surface area (Å²) in [5.74, 6) is -1.20. The molecule has 0 aromatic heterocycles. The van der Waals surface area contributed by atoms with E-state index in [0.29, 0.717) is 19.3 Å². The largest absolute Gasteiger partial charge is 0.481 e. The zero-order chi connectivity index (χ0) is 15.5. The maximum atomic E-state index is 12.4. The molecule has 1 aromatic carbocycles. The van der Waals surface area contributed by atoms with E-state index in [1.165, 1.54) is 12.1 Å². The Morgan fingerprint density at radius 3 is 2.00 bits per heavy atom. The van der Waals surface area contributed by atoms with Crippen molar-refractivity contribution in [1.29, 1.82) is 0 Å². The lowest BCUT2D eigenvalue weighted by atomic mass is 9.35. The summed E-state index contributed by atoms with van der Waals surface area (Å²) in [6.07, 6.45) is -3.49. The van der Waals surface area contributed by atoms with Gasteiger partial charge in [-0.15, -0.1) is 0 Å². The number of carbonyl (C=O) groups is 2. The molecule has 3 aliphatic carbocycles. The van der Waals surface area contributed by atoms with Crippen molar-refractivity contribution in [3.8, 4) is 0 Å². The zero-order valence-corrected chi connectivity index (χ0v) is 10.8. The van der Waals surface area contributed by atoms with E-state index >= 15 is 0 Å². The van der Waals surface area contributed by atoms with E-state index in [9.17, 15) is 22.8 Å². The van der Waals surface area contributed by atoms with Gasteiger partial charge in [0, 0.05) is 5.69 Å². The number of benzene rings is 1. The van der Waals surface area contributed by atoms with E-state index in [4.69, 9.17) is 5.11 Å². The van der Waals surface area contributed by atoms with E-state index < -0.39 is 28.5 Å². The number of carbonyl (C=O) groups excluding carboxylic acids is 1. The van der Waals surface area contributed by atoms with Crippen molar-refractivity contribution in [3.05, 3.63) is 29.8 Å². The zero-order valence-electron chi connectivity index (χ0n) is 10.8. The fraction of sp³-hybridized carbons (Fsp3) is 0.429. The van der Waals surface area contributed by atoms with Gasteiger partial charge in [0.25, 0.3) is 0 Å². The van der Waals surface area contributed by atoms with Crippen molar-refractivity contribution in [2.24, 2.45) is 10.8 Å². The second kappa shape index (κ2) is 3.99. The highest BCUT2D eigenvalue weighted by molar-refractivity contribution is 6.00. The lowest BCUT2D eigenvalue weighted by Crippen LogP contribution is -2.69. The molecule has 0 saturated heterocycles. The van der Waals surface area contributed by atoms with Gasteiger partial charge in [-0.3, -0.25) is 9.59 Å². The molecule has 3 fully saturated rings. The first-order valence-corrected chi connectivity index (χ1v) is 6.39. The van der Waals surface area contributed by atoms with Gasteiger partial charge in [0.15, 0.2) is 0 Å². The van der Waals surface area contributed by atoms with Gasteiger partial charge in [-0.1, -0.05) is 0 Å². The Morgan fingerprint density at radius 2 is 1.57 bits per heavy atom. The van der Waals surface area contributed by atoms with Crippen LogP contribution < -0.4 is 5.32 Å². The lowest BCUT2D eigenvalue weighted by Gasteiger charge is -2.66. The van der Waals surface area contributed by atoms with Crippen molar-refractivity contribution in [1.82, 2.24) is 0 Å². The SMILES string of the molecule is O=C(O)C12CC(C(=O)Nc3ccc(C(F)(F)F)cc3)(C1)C2. The number of rotatable bonds is 3. The van der Waals surface area contributed by atoms with E-state index in [0.717, 1.165) is 12.1 Å². The molecule has 1 aromatic rings. The maximum absolute atomic E-state index is 12.4. The van der Waals surface area contributed by atoms with Crippen LogP contribution in [0.25, 0.3) is 0 Å². The number of anilines is 1. The maximum Gasteiger partial charge on any atom is 0.416 e. The van der Waals surface area contributed by atoms with E-state index in [2.05, 4.69) is 5.32 Å². The minimum atomic E-state index is -4.41. The van der Waals surface area contributed by atoms with Crippen LogP contribution in [0.15, 0.2) is 24.3 Å². The highest BCUT2D eigenvalue weighted by atomic mass is 19.4. The molecule has 0 heterocycles. The first kappa shape index (κ1) is 13.9. The number of amides is 1. The number of carboxylic acids is 1. The van der Waals surface area contributed by atoms with Crippen LogP contribution in [0.3, 0.4) is 0 Å². The monoisotopic (exact) mass is 299 g/mol. The smallest absolute Gasteiger partial charge is 0.416 e. The quantitative estimate of drug-likeness (QED) is 0.902. The third kappa shape index (κ3) is 1.99.